The third kappa shape index (κ3) is 4.33. The zero-order valence-corrected chi connectivity index (χ0v) is 14.5. The fourth-order valence-electron chi connectivity index (χ4n) is 3.67. The van der Waals surface area contributed by atoms with E-state index in [1.54, 1.807) is 18.3 Å². The van der Waals surface area contributed by atoms with Crippen molar-refractivity contribution in [2.75, 3.05) is 19.8 Å². The molecule has 1 aliphatic carbocycles. The van der Waals surface area contributed by atoms with Crippen molar-refractivity contribution < 1.29 is 38.2 Å². The smallest absolute Gasteiger partial charge is 0.549 e. The molecule has 0 radical (unpaired) electrons. The molecule has 0 N–H and O–H groups in total. The van der Waals surface area contributed by atoms with Gasteiger partial charge < -0.3 is 19.4 Å². The summed E-state index contributed by atoms with van der Waals surface area (Å²) in [6, 6.07) is 3.53. The average Bonchev–Trinajstić information content (AvgIpc) is 2.61. The van der Waals surface area contributed by atoms with Crippen molar-refractivity contribution in [1.29, 1.82) is 0 Å². The number of carbonyl (C=O) groups is 1. The SMILES string of the molecule is O=C([O-])C1(c2ccnc(OCC3CCCCC3)c2)CCOCC1.[Li+]. The number of aliphatic carboxylic acids is 1. The topological polar surface area (TPSA) is 71.5 Å². The summed E-state index contributed by atoms with van der Waals surface area (Å²) in [6.07, 6.45) is 8.78. The van der Waals surface area contributed by atoms with Gasteiger partial charge in [0.25, 0.3) is 0 Å². The first-order valence-corrected chi connectivity index (χ1v) is 8.59. The van der Waals surface area contributed by atoms with Crippen molar-refractivity contribution in [3.05, 3.63) is 23.9 Å². The van der Waals surface area contributed by atoms with E-state index in [-0.39, 0.29) is 18.9 Å². The molecule has 6 heteroatoms. The summed E-state index contributed by atoms with van der Waals surface area (Å²) in [5, 5.41) is 11.8. The Morgan fingerprint density at radius 2 is 2.00 bits per heavy atom. The van der Waals surface area contributed by atoms with Crippen LogP contribution in [0, 0.1) is 5.92 Å². The van der Waals surface area contributed by atoms with Crippen molar-refractivity contribution in [3.8, 4) is 5.88 Å². The van der Waals surface area contributed by atoms with Crippen LogP contribution in [0.4, 0.5) is 0 Å². The number of hydrogen-bond donors (Lipinski definition) is 0. The predicted molar refractivity (Wildman–Crippen MR) is 83.0 cm³/mol. The normalized spacial score (nSPS) is 20.8. The minimum absolute atomic E-state index is 0. The van der Waals surface area contributed by atoms with Crippen molar-refractivity contribution in [2.24, 2.45) is 5.92 Å². The number of pyridine rings is 1. The van der Waals surface area contributed by atoms with Crippen molar-refractivity contribution in [3.63, 3.8) is 0 Å². The molecule has 0 amide bonds. The molecule has 0 unspecified atom stereocenters. The minimum Gasteiger partial charge on any atom is -0.549 e. The second-order valence-electron chi connectivity index (χ2n) is 6.68. The van der Waals surface area contributed by atoms with E-state index in [1.165, 1.54) is 32.1 Å². The Morgan fingerprint density at radius 3 is 2.67 bits per heavy atom. The first kappa shape index (κ1) is 19.3. The summed E-state index contributed by atoms with van der Waals surface area (Å²) in [7, 11) is 0. The molecule has 0 spiro atoms. The van der Waals surface area contributed by atoms with Gasteiger partial charge in [-0.15, -0.1) is 0 Å². The molecule has 1 saturated heterocycles. The van der Waals surface area contributed by atoms with Crippen LogP contribution in [0.3, 0.4) is 0 Å². The molecule has 3 rings (SSSR count). The van der Waals surface area contributed by atoms with Gasteiger partial charge in [-0.1, -0.05) is 19.3 Å². The van der Waals surface area contributed by atoms with Crippen LogP contribution in [0.1, 0.15) is 50.5 Å². The molecule has 2 aliphatic rings. The van der Waals surface area contributed by atoms with Crippen LogP contribution in [0.5, 0.6) is 5.88 Å². The monoisotopic (exact) mass is 325 g/mol. The van der Waals surface area contributed by atoms with Crippen LogP contribution in [0.15, 0.2) is 18.3 Å². The van der Waals surface area contributed by atoms with E-state index in [0.29, 0.717) is 44.5 Å². The van der Waals surface area contributed by atoms with Crippen molar-refractivity contribution in [1.82, 2.24) is 4.98 Å². The molecule has 5 nitrogen and oxygen atoms in total. The summed E-state index contributed by atoms with van der Waals surface area (Å²) in [6.45, 7) is 1.54. The summed E-state index contributed by atoms with van der Waals surface area (Å²) in [5.74, 6) is 0.0674. The zero-order chi connectivity index (χ0) is 16.1. The Balaban J connectivity index is 0.00000208. The van der Waals surface area contributed by atoms with E-state index in [1.807, 2.05) is 0 Å². The van der Waals surface area contributed by atoms with Gasteiger partial charge in [-0.3, -0.25) is 0 Å². The summed E-state index contributed by atoms with van der Waals surface area (Å²) < 4.78 is 11.2. The van der Waals surface area contributed by atoms with Crippen LogP contribution in [0.2, 0.25) is 0 Å². The Bertz CT molecular complexity index is 540. The molecule has 0 aromatic carbocycles. The van der Waals surface area contributed by atoms with Gasteiger partial charge in [0.2, 0.25) is 5.88 Å². The first-order chi connectivity index (χ1) is 11.2. The number of hydrogen-bond acceptors (Lipinski definition) is 5. The number of nitrogens with zero attached hydrogens (tertiary/aromatic N) is 1. The number of carboxylic acid groups (broad SMARTS) is 1. The summed E-state index contributed by atoms with van der Waals surface area (Å²) in [4.78, 5) is 16.0. The average molecular weight is 325 g/mol. The van der Waals surface area contributed by atoms with Crippen LogP contribution in [-0.4, -0.2) is 30.8 Å². The van der Waals surface area contributed by atoms with Crippen molar-refractivity contribution >= 4 is 5.97 Å². The van der Waals surface area contributed by atoms with E-state index in [9.17, 15) is 9.90 Å². The van der Waals surface area contributed by atoms with Crippen LogP contribution in [-0.2, 0) is 14.9 Å². The minimum atomic E-state index is -1.04. The van der Waals surface area contributed by atoms with E-state index in [0.717, 1.165) is 5.56 Å². The predicted octanol–water partition coefficient (Wildman–Crippen LogP) is -1.16. The zero-order valence-electron chi connectivity index (χ0n) is 14.5. The quantitative estimate of drug-likeness (QED) is 0.639. The third-order valence-corrected chi connectivity index (χ3v) is 5.22. The molecule has 1 aromatic heterocycles. The molecular formula is C18H24LiNO4. The van der Waals surface area contributed by atoms with Gasteiger partial charge in [-0.25, -0.2) is 4.98 Å². The standard InChI is InChI=1S/C18H25NO4.Li/c20-17(21)18(7-10-22-11-8-18)15-6-9-19-16(12-15)23-13-14-4-2-1-3-5-14;/h6,9,12,14H,1-5,7-8,10-11,13H2,(H,20,21);/q;+1/p-1. The van der Waals surface area contributed by atoms with Crippen LogP contribution < -0.4 is 28.7 Å². The largest absolute Gasteiger partial charge is 1.00 e. The second-order valence-corrected chi connectivity index (χ2v) is 6.68. The molecule has 1 aromatic rings. The van der Waals surface area contributed by atoms with E-state index >= 15 is 0 Å². The maximum absolute atomic E-state index is 11.8. The van der Waals surface area contributed by atoms with Gasteiger partial charge >= 0.3 is 18.9 Å². The van der Waals surface area contributed by atoms with Gasteiger partial charge in [-0.05, 0) is 43.2 Å². The van der Waals surface area contributed by atoms with Gasteiger partial charge in [0, 0.05) is 30.9 Å². The van der Waals surface area contributed by atoms with Gasteiger partial charge in [0.1, 0.15) is 0 Å². The molecule has 0 bridgehead atoms. The molecule has 126 valence electrons. The van der Waals surface area contributed by atoms with E-state index in [2.05, 4.69) is 4.98 Å². The van der Waals surface area contributed by atoms with Gasteiger partial charge in [0.05, 0.1) is 12.6 Å². The van der Waals surface area contributed by atoms with E-state index in [4.69, 9.17) is 9.47 Å². The molecule has 0 atom stereocenters. The Morgan fingerprint density at radius 1 is 1.29 bits per heavy atom. The van der Waals surface area contributed by atoms with E-state index < -0.39 is 11.4 Å². The fraction of sp³-hybridized carbons (Fsp3) is 0.667. The number of rotatable bonds is 5. The maximum atomic E-state index is 11.8. The Kier molecular flexibility index (Phi) is 7.15. The fourth-order valence-corrected chi connectivity index (χ4v) is 3.67. The molecule has 1 aliphatic heterocycles. The molecular weight excluding hydrogens is 301 g/mol. The Hall–Kier alpha value is -1.02. The van der Waals surface area contributed by atoms with Crippen LogP contribution in [0.25, 0.3) is 0 Å². The molecule has 1 saturated carbocycles. The number of ether oxygens (including phenoxy) is 2. The number of carbonyl (C=O) groups excluding carboxylic acids is 1. The summed E-state index contributed by atoms with van der Waals surface area (Å²) >= 11 is 0. The number of aromatic nitrogens is 1. The summed E-state index contributed by atoms with van der Waals surface area (Å²) in [5.41, 5.74) is -0.265. The van der Waals surface area contributed by atoms with Crippen LogP contribution >= 0.6 is 0 Å². The van der Waals surface area contributed by atoms with Gasteiger partial charge in [0.15, 0.2) is 0 Å². The second kappa shape index (κ2) is 8.89. The molecule has 2 heterocycles. The maximum Gasteiger partial charge on any atom is 1.00 e. The number of carboxylic acids is 1. The molecule has 2 fully saturated rings. The third-order valence-electron chi connectivity index (χ3n) is 5.22. The van der Waals surface area contributed by atoms with Crippen molar-refractivity contribution in [2.45, 2.75) is 50.4 Å². The molecule has 24 heavy (non-hydrogen) atoms. The Labute approximate surface area is 155 Å². The first-order valence-electron chi connectivity index (χ1n) is 8.59. The van der Waals surface area contributed by atoms with Gasteiger partial charge in [-0.2, -0.15) is 0 Å².